The number of amides is 2. The van der Waals surface area contributed by atoms with Gasteiger partial charge in [-0.15, -0.1) is 0 Å². The second-order valence-corrected chi connectivity index (χ2v) is 7.58. The summed E-state index contributed by atoms with van der Waals surface area (Å²) in [6.07, 6.45) is -1.74. The van der Waals surface area contributed by atoms with Crippen LogP contribution < -0.4 is 5.32 Å². The molecule has 4 nitrogen and oxygen atoms in total. The minimum absolute atomic E-state index is 0.00986. The van der Waals surface area contributed by atoms with Crippen molar-refractivity contribution in [2.24, 2.45) is 0 Å². The zero-order valence-electron chi connectivity index (χ0n) is 14.9. The molecule has 0 saturated carbocycles. The Kier molecular flexibility index (Phi) is 6.33. The Hall–Kier alpha value is -2.32. The highest BCUT2D eigenvalue weighted by Gasteiger charge is 2.43. The van der Waals surface area contributed by atoms with Gasteiger partial charge >= 0.3 is 12.1 Å². The van der Waals surface area contributed by atoms with Gasteiger partial charge in [0.1, 0.15) is 0 Å². The molecular formula is C20H15BrClF3N2O2. The van der Waals surface area contributed by atoms with Gasteiger partial charge in [-0.3, -0.25) is 9.59 Å². The first-order chi connectivity index (χ1) is 13.7. The molecule has 2 aromatic rings. The summed E-state index contributed by atoms with van der Waals surface area (Å²) in [7, 11) is 0. The highest BCUT2D eigenvalue weighted by molar-refractivity contribution is 9.10. The lowest BCUT2D eigenvalue weighted by Crippen LogP contribution is -2.43. The average molecular weight is 488 g/mol. The molecule has 152 valence electrons. The molecule has 1 aliphatic heterocycles. The molecule has 1 N–H and O–H groups in total. The number of rotatable bonds is 3. The van der Waals surface area contributed by atoms with Gasteiger partial charge in [0, 0.05) is 28.7 Å². The normalized spacial score (nSPS) is 14.0. The van der Waals surface area contributed by atoms with Gasteiger partial charge in [0.05, 0.1) is 5.69 Å². The first-order valence-electron chi connectivity index (χ1n) is 8.57. The molecule has 0 spiro atoms. The standard InChI is InChI=1S/C20H15BrClF3N2O2/c21-18-14-11-27(19(29)20(23,24)25)10-9-12(14)5-7-16(18)26-17(28)8-6-13-3-1-2-4-15(13)22/h1-8H,9-11H2,(H,26,28). The Morgan fingerprint density at radius 1 is 1.17 bits per heavy atom. The van der Waals surface area contributed by atoms with Crippen molar-refractivity contribution in [3.05, 3.63) is 68.7 Å². The van der Waals surface area contributed by atoms with Crippen molar-refractivity contribution in [3.63, 3.8) is 0 Å². The van der Waals surface area contributed by atoms with Crippen LogP contribution in [0.25, 0.3) is 6.08 Å². The molecule has 0 unspecified atom stereocenters. The van der Waals surface area contributed by atoms with E-state index in [1.807, 2.05) is 0 Å². The quantitative estimate of drug-likeness (QED) is 0.605. The number of fused-ring (bicyclic) bond motifs is 1. The molecular weight excluding hydrogens is 473 g/mol. The van der Waals surface area contributed by atoms with Crippen molar-refractivity contribution in [2.45, 2.75) is 19.1 Å². The van der Waals surface area contributed by atoms with Crippen LogP contribution in [0, 0.1) is 0 Å². The van der Waals surface area contributed by atoms with Gasteiger partial charge in [-0.05, 0) is 57.2 Å². The van der Waals surface area contributed by atoms with Crippen LogP contribution in [0.1, 0.15) is 16.7 Å². The monoisotopic (exact) mass is 486 g/mol. The Labute approximate surface area is 178 Å². The van der Waals surface area contributed by atoms with Gasteiger partial charge in [0.2, 0.25) is 5.91 Å². The van der Waals surface area contributed by atoms with E-state index in [1.54, 1.807) is 42.5 Å². The smallest absolute Gasteiger partial charge is 0.330 e. The van der Waals surface area contributed by atoms with E-state index in [9.17, 15) is 22.8 Å². The third-order valence-corrected chi connectivity index (χ3v) is 5.70. The van der Waals surface area contributed by atoms with Gasteiger partial charge in [-0.1, -0.05) is 35.9 Å². The number of alkyl halides is 3. The highest BCUT2D eigenvalue weighted by atomic mass is 79.9. The van der Waals surface area contributed by atoms with Crippen molar-refractivity contribution in [1.29, 1.82) is 0 Å². The molecule has 0 aromatic heterocycles. The van der Waals surface area contributed by atoms with Crippen molar-refractivity contribution < 1.29 is 22.8 Å². The summed E-state index contributed by atoms with van der Waals surface area (Å²) >= 11 is 9.39. The van der Waals surface area contributed by atoms with Crippen LogP contribution in [0.3, 0.4) is 0 Å². The summed E-state index contributed by atoms with van der Waals surface area (Å²) in [6, 6.07) is 10.4. The van der Waals surface area contributed by atoms with Gasteiger partial charge < -0.3 is 10.2 Å². The predicted molar refractivity (Wildman–Crippen MR) is 108 cm³/mol. The first kappa shape index (κ1) is 21.4. The largest absolute Gasteiger partial charge is 0.471 e. The lowest BCUT2D eigenvalue weighted by Gasteiger charge is -2.30. The minimum Gasteiger partial charge on any atom is -0.330 e. The van der Waals surface area contributed by atoms with Crippen molar-refractivity contribution in [2.75, 3.05) is 11.9 Å². The fraction of sp³-hybridized carbons (Fsp3) is 0.200. The van der Waals surface area contributed by atoms with Crippen LogP contribution in [-0.4, -0.2) is 29.4 Å². The Bertz CT molecular complexity index is 992. The molecule has 1 aliphatic rings. The zero-order valence-corrected chi connectivity index (χ0v) is 17.2. The highest BCUT2D eigenvalue weighted by Crippen LogP contribution is 2.34. The van der Waals surface area contributed by atoms with E-state index in [0.29, 0.717) is 32.7 Å². The predicted octanol–water partition coefficient (Wildman–Crippen LogP) is 5.20. The molecule has 0 saturated heterocycles. The maximum atomic E-state index is 12.7. The summed E-state index contributed by atoms with van der Waals surface area (Å²) in [5, 5.41) is 3.18. The first-order valence-corrected chi connectivity index (χ1v) is 9.74. The molecule has 3 rings (SSSR count). The lowest BCUT2D eigenvalue weighted by atomic mass is 9.99. The number of anilines is 1. The van der Waals surface area contributed by atoms with E-state index < -0.39 is 18.0 Å². The minimum atomic E-state index is -4.92. The molecule has 0 bridgehead atoms. The lowest BCUT2D eigenvalue weighted by molar-refractivity contribution is -0.186. The van der Waals surface area contributed by atoms with Crippen LogP contribution >= 0.6 is 27.5 Å². The van der Waals surface area contributed by atoms with Crippen molar-refractivity contribution in [1.82, 2.24) is 4.90 Å². The number of nitrogens with one attached hydrogen (secondary N) is 1. The molecule has 0 fully saturated rings. The number of hydrogen-bond acceptors (Lipinski definition) is 2. The Morgan fingerprint density at radius 2 is 1.90 bits per heavy atom. The third kappa shape index (κ3) is 5.00. The number of benzene rings is 2. The van der Waals surface area contributed by atoms with Crippen molar-refractivity contribution in [3.8, 4) is 0 Å². The number of carbonyl (C=O) groups is 2. The molecule has 0 aliphatic carbocycles. The van der Waals surface area contributed by atoms with Crippen LogP contribution in [0.4, 0.5) is 18.9 Å². The van der Waals surface area contributed by atoms with E-state index in [4.69, 9.17) is 11.6 Å². The molecule has 29 heavy (non-hydrogen) atoms. The Morgan fingerprint density at radius 3 is 2.59 bits per heavy atom. The molecule has 0 atom stereocenters. The fourth-order valence-electron chi connectivity index (χ4n) is 2.99. The summed E-state index contributed by atoms with van der Waals surface area (Å²) in [5.74, 6) is -2.29. The average Bonchev–Trinajstić information content (AvgIpc) is 2.68. The van der Waals surface area contributed by atoms with Gasteiger partial charge in [0.15, 0.2) is 0 Å². The molecule has 0 radical (unpaired) electrons. The molecule has 9 heteroatoms. The van der Waals surface area contributed by atoms with E-state index in [1.165, 1.54) is 6.08 Å². The number of halogens is 5. The maximum absolute atomic E-state index is 12.7. The zero-order chi connectivity index (χ0) is 21.2. The summed E-state index contributed by atoms with van der Waals surface area (Å²) in [4.78, 5) is 24.6. The summed E-state index contributed by atoms with van der Waals surface area (Å²) in [6.45, 7) is -0.197. The van der Waals surface area contributed by atoms with E-state index >= 15 is 0 Å². The van der Waals surface area contributed by atoms with E-state index in [2.05, 4.69) is 21.2 Å². The Balaban J connectivity index is 1.76. The van der Waals surface area contributed by atoms with Crippen molar-refractivity contribution >= 4 is 51.1 Å². The van der Waals surface area contributed by atoms with E-state index in [-0.39, 0.29) is 13.1 Å². The van der Waals surface area contributed by atoms with Crippen LogP contribution in [0.2, 0.25) is 5.02 Å². The SMILES string of the molecule is O=C(C=Cc1ccccc1Cl)Nc1ccc2c(c1Br)CN(C(=O)C(F)(F)F)CC2. The number of hydrogen-bond donors (Lipinski definition) is 1. The summed E-state index contributed by atoms with van der Waals surface area (Å²) in [5.41, 5.74) is 2.45. The third-order valence-electron chi connectivity index (χ3n) is 4.45. The topological polar surface area (TPSA) is 49.4 Å². The van der Waals surface area contributed by atoms with Crippen LogP contribution in [0.5, 0.6) is 0 Å². The van der Waals surface area contributed by atoms with Crippen LogP contribution in [-0.2, 0) is 22.6 Å². The van der Waals surface area contributed by atoms with Gasteiger partial charge in [-0.2, -0.15) is 13.2 Å². The van der Waals surface area contributed by atoms with E-state index in [0.717, 1.165) is 10.5 Å². The van der Waals surface area contributed by atoms with Gasteiger partial charge in [-0.25, -0.2) is 0 Å². The second kappa shape index (κ2) is 8.59. The van der Waals surface area contributed by atoms with Gasteiger partial charge in [0.25, 0.3) is 0 Å². The second-order valence-electron chi connectivity index (χ2n) is 6.38. The maximum Gasteiger partial charge on any atom is 0.471 e. The summed E-state index contributed by atoms with van der Waals surface area (Å²) < 4.78 is 38.7. The number of carbonyl (C=O) groups excluding carboxylic acids is 2. The molecule has 2 amide bonds. The molecule has 1 heterocycles. The van der Waals surface area contributed by atoms with Crippen LogP contribution in [0.15, 0.2) is 46.9 Å². The molecule has 2 aromatic carbocycles. The number of nitrogens with zero attached hydrogens (tertiary/aromatic N) is 1. The fourth-order valence-corrected chi connectivity index (χ4v) is 3.80.